The Morgan fingerprint density at radius 2 is 2.14 bits per heavy atom. The normalized spacial score (nSPS) is 12.9. The number of hydrazine groups is 1. The number of hydrogen-bond donors (Lipinski definition) is 2. The van der Waals surface area contributed by atoms with Crippen LogP contribution in [0, 0.1) is 5.82 Å². The fraction of sp³-hybridized carbons (Fsp3) is 0.429. The van der Waals surface area contributed by atoms with E-state index in [0.717, 1.165) is 11.4 Å². The lowest BCUT2D eigenvalue weighted by molar-refractivity contribution is 0.458. The molecule has 114 valence electrons. The van der Waals surface area contributed by atoms with Gasteiger partial charge in [-0.3, -0.25) is 11.3 Å². The van der Waals surface area contributed by atoms with Crippen molar-refractivity contribution in [1.82, 2.24) is 20.2 Å². The van der Waals surface area contributed by atoms with E-state index in [1.807, 2.05) is 18.5 Å². The summed E-state index contributed by atoms with van der Waals surface area (Å²) in [6.45, 7) is 4.08. The molecular formula is C14H19ClFN5. The third-order valence-corrected chi connectivity index (χ3v) is 3.63. The van der Waals surface area contributed by atoms with Crippen molar-refractivity contribution in [2.75, 3.05) is 0 Å². The molecule has 0 bridgehead atoms. The van der Waals surface area contributed by atoms with Gasteiger partial charge in [-0.1, -0.05) is 17.7 Å². The zero-order valence-corrected chi connectivity index (χ0v) is 12.8. The first-order valence-corrected chi connectivity index (χ1v) is 7.17. The summed E-state index contributed by atoms with van der Waals surface area (Å²) in [5.41, 5.74) is 3.61. The predicted molar refractivity (Wildman–Crippen MR) is 80.3 cm³/mol. The highest BCUT2D eigenvalue weighted by molar-refractivity contribution is 6.31. The molecule has 0 fully saturated rings. The third kappa shape index (κ3) is 4.00. The summed E-state index contributed by atoms with van der Waals surface area (Å²) in [6.07, 6.45) is 2.73. The van der Waals surface area contributed by atoms with Gasteiger partial charge in [0.05, 0.1) is 0 Å². The lowest BCUT2D eigenvalue weighted by atomic mass is 10.0. The number of hydrogen-bond acceptors (Lipinski definition) is 4. The number of nitrogens with zero attached hydrogens (tertiary/aromatic N) is 3. The minimum Gasteiger partial charge on any atom is -0.271 e. The first kappa shape index (κ1) is 15.9. The van der Waals surface area contributed by atoms with Gasteiger partial charge >= 0.3 is 0 Å². The van der Waals surface area contributed by atoms with Crippen LogP contribution in [0.2, 0.25) is 5.02 Å². The SMILES string of the molecule is CC(C)n1ncnc1CC(Cc1ccc(F)cc1Cl)NN. The Balaban J connectivity index is 2.11. The highest BCUT2D eigenvalue weighted by Gasteiger charge is 2.16. The highest BCUT2D eigenvalue weighted by Crippen LogP contribution is 2.19. The van der Waals surface area contributed by atoms with Crippen LogP contribution in [0.25, 0.3) is 0 Å². The predicted octanol–water partition coefficient (Wildman–Crippen LogP) is 2.27. The fourth-order valence-electron chi connectivity index (χ4n) is 2.21. The molecule has 0 spiro atoms. The average molecular weight is 312 g/mol. The molecule has 0 radical (unpaired) electrons. The third-order valence-electron chi connectivity index (χ3n) is 3.28. The minimum atomic E-state index is -0.347. The van der Waals surface area contributed by atoms with Crippen molar-refractivity contribution in [3.63, 3.8) is 0 Å². The van der Waals surface area contributed by atoms with Crippen LogP contribution >= 0.6 is 11.6 Å². The molecule has 0 aliphatic rings. The average Bonchev–Trinajstić information content (AvgIpc) is 2.89. The van der Waals surface area contributed by atoms with E-state index >= 15 is 0 Å². The molecule has 2 aromatic rings. The second kappa shape index (κ2) is 6.98. The van der Waals surface area contributed by atoms with E-state index in [9.17, 15) is 4.39 Å². The maximum atomic E-state index is 13.1. The quantitative estimate of drug-likeness (QED) is 0.634. The largest absolute Gasteiger partial charge is 0.271 e. The van der Waals surface area contributed by atoms with Gasteiger partial charge < -0.3 is 0 Å². The number of aromatic nitrogens is 3. The Morgan fingerprint density at radius 1 is 1.38 bits per heavy atom. The van der Waals surface area contributed by atoms with E-state index < -0.39 is 0 Å². The highest BCUT2D eigenvalue weighted by atomic mass is 35.5. The van der Waals surface area contributed by atoms with Gasteiger partial charge in [0.2, 0.25) is 0 Å². The van der Waals surface area contributed by atoms with Gasteiger partial charge in [0.1, 0.15) is 18.0 Å². The summed E-state index contributed by atoms with van der Waals surface area (Å²) in [5.74, 6) is 6.12. The molecule has 7 heteroatoms. The molecule has 1 atom stereocenters. The van der Waals surface area contributed by atoms with Crippen molar-refractivity contribution < 1.29 is 4.39 Å². The van der Waals surface area contributed by atoms with Crippen LogP contribution in [0.15, 0.2) is 24.5 Å². The van der Waals surface area contributed by atoms with Gasteiger partial charge in [0.25, 0.3) is 0 Å². The lowest BCUT2D eigenvalue weighted by Crippen LogP contribution is -2.39. The molecular weight excluding hydrogens is 293 g/mol. The van der Waals surface area contributed by atoms with Gasteiger partial charge in [0, 0.05) is 23.5 Å². The van der Waals surface area contributed by atoms with Gasteiger partial charge in [-0.05, 0) is 38.0 Å². The second-order valence-electron chi connectivity index (χ2n) is 5.22. The van der Waals surface area contributed by atoms with Crippen LogP contribution in [0.3, 0.4) is 0 Å². The van der Waals surface area contributed by atoms with Crippen molar-refractivity contribution in [2.24, 2.45) is 5.84 Å². The number of benzene rings is 1. The van der Waals surface area contributed by atoms with E-state index in [1.165, 1.54) is 18.5 Å². The standard InChI is InChI=1S/C14H19ClFN5/c1-9(2)21-14(18-8-19-21)7-12(20-17)5-10-3-4-11(16)6-13(10)15/h3-4,6,8-9,12,20H,5,7,17H2,1-2H3. The van der Waals surface area contributed by atoms with E-state index in [0.29, 0.717) is 17.9 Å². The fourth-order valence-corrected chi connectivity index (χ4v) is 2.46. The Kier molecular flexibility index (Phi) is 5.27. The van der Waals surface area contributed by atoms with Gasteiger partial charge in [-0.2, -0.15) is 5.10 Å². The molecule has 21 heavy (non-hydrogen) atoms. The molecule has 2 rings (SSSR count). The number of nitrogens with one attached hydrogen (secondary N) is 1. The molecule has 0 amide bonds. The molecule has 3 N–H and O–H groups in total. The summed E-state index contributed by atoms with van der Waals surface area (Å²) >= 11 is 6.05. The molecule has 0 saturated carbocycles. The maximum Gasteiger partial charge on any atom is 0.138 e. The Hall–Kier alpha value is -1.50. The van der Waals surface area contributed by atoms with Gasteiger partial charge in [-0.25, -0.2) is 14.1 Å². The van der Waals surface area contributed by atoms with E-state index in [-0.39, 0.29) is 17.9 Å². The molecule has 5 nitrogen and oxygen atoms in total. The van der Waals surface area contributed by atoms with Crippen LogP contribution in [0.4, 0.5) is 4.39 Å². The van der Waals surface area contributed by atoms with E-state index in [2.05, 4.69) is 15.5 Å². The zero-order chi connectivity index (χ0) is 15.4. The number of rotatable bonds is 6. The lowest BCUT2D eigenvalue weighted by Gasteiger charge is -2.17. The zero-order valence-electron chi connectivity index (χ0n) is 12.1. The molecule has 0 aliphatic heterocycles. The Labute approximate surface area is 128 Å². The van der Waals surface area contributed by atoms with Crippen molar-refractivity contribution in [3.05, 3.63) is 46.8 Å². The molecule has 1 aromatic carbocycles. The van der Waals surface area contributed by atoms with Crippen molar-refractivity contribution in [2.45, 2.75) is 38.8 Å². The second-order valence-corrected chi connectivity index (χ2v) is 5.63. The van der Waals surface area contributed by atoms with Crippen molar-refractivity contribution >= 4 is 11.6 Å². The van der Waals surface area contributed by atoms with Gasteiger partial charge in [0.15, 0.2) is 0 Å². The van der Waals surface area contributed by atoms with E-state index in [1.54, 1.807) is 6.07 Å². The van der Waals surface area contributed by atoms with E-state index in [4.69, 9.17) is 17.4 Å². The molecule has 1 unspecified atom stereocenters. The summed E-state index contributed by atoms with van der Waals surface area (Å²) in [6, 6.07) is 4.55. The first-order valence-electron chi connectivity index (χ1n) is 6.79. The first-order chi connectivity index (χ1) is 10.0. The Bertz CT molecular complexity index is 599. The smallest absolute Gasteiger partial charge is 0.138 e. The summed E-state index contributed by atoms with van der Waals surface area (Å²) in [7, 11) is 0. The van der Waals surface area contributed by atoms with Crippen LogP contribution < -0.4 is 11.3 Å². The van der Waals surface area contributed by atoms with Crippen LogP contribution in [0.1, 0.15) is 31.3 Å². The molecule has 1 heterocycles. The topological polar surface area (TPSA) is 68.8 Å². The van der Waals surface area contributed by atoms with Gasteiger partial charge in [-0.15, -0.1) is 0 Å². The summed E-state index contributed by atoms with van der Waals surface area (Å²) in [4.78, 5) is 4.27. The molecule has 0 saturated heterocycles. The number of halogens is 2. The van der Waals surface area contributed by atoms with Crippen molar-refractivity contribution in [3.8, 4) is 0 Å². The van der Waals surface area contributed by atoms with Crippen LogP contribution in [0.5, 0.6) is 0 Å². The number of nitrogens with two attached hydrogens (primary N) is 1. The molecule has 0 aliphatic carbocycles. The maximum absolute atomic E-state index is 13.1. The summed E-state index contributed by atoms with van der Waals surface area (Å²) < 4.78 is 14.9. The molecule has 1 aromatic heterocycles. The van der Waals surface area contributed by atoms with Crippen LogP contribution in [-0.4, -0.2) is 20.8 Å². The monoisotopic (exact) mass is 311 g/mol. The minimum absolute atomic E-state index is 0.0605. The van der Waals surface area contributed by atoms with Crippen molar-refractivity contribution in [1.29, 1.82) is 0 Å². The van der Waals surface area contributed by atoms with Crippen LogP contribution in [-0.2, 0) is 12.8 Å². The Morgan fingerprint density at radius 3 is 2.76 bits per heavy atom. The summed E-state index contributed by atoms with van der Waals surface area (Å²) in [5, 5.41) is 4.60.